The minimum Gasteiger partial charge on any atom is -0.300 e. The van der Waals surface area contributed by atoms with Gasteiger partial charge in [0.15, 0.2) is 0 Å². The number of rotatable bonds is 1. The molecule has 2 saturated carbocycles. The summed E-state index contributed by atoms with van der Waals surface area (Å²) >= 11 is 6.17. The van der Waals surface area contributed by atoms with Crippen LogP contribution in [0.4, 0.5) is 0 Å². The zero-order valence-corrected chi connectivity index (χ0v) is 8.18. The fourth-order valence-corrected chi connectivity index (χ4v) is 3.47. The summed E-state index contributed by atoms with van der Waals surface area (Å²) in [4.78, 5) is 11.3. The second-order valence-electron chi connectivity index (χ2n) is 4.22. The standard InChI is InChI=1S/C10H15ClO/c1-6(12)7-2-3-9-8(7)4-5-10(9)11/h7-10H,2-5H2,1H3/t7-,8?,9?,10?/m1/s1. The molecule has 0 aromatic rings. The Labute approximate surface area is 78.5 Å². The van der Waals surface area contributed by atoms with Crippen molar-refractivity contribution in [3.8, 4) is 0 Å². The number of hydrogen-bond donors (Lipinski definition) is 0. The van der Waals surface area contributed by atoms with Gasteiger partial charge in [-0.25, -0.2) is 0 Å². The van der Waals surface area contributed by atoms with E-state index < -0.39 is 0 Å². The molecule has 4 atom stereocenters. The molecule has 0 heterocycles. The quantitative estimate of drug-likeness (QED) is 0.576. The van der Waals surface area contributed by atoms with E-state index >= 15 is 0 Å². The number of fused-ring (bicyclic) bond motifs is 1. The van der Waals surface area contributed by atoms with E-state index in [1.54, 1.807) is 6.92 Å². The van der Waals surface area contributed by atoms with Gasteiger partial charge in [-0.3, -0.25) is 4.79 Å². The topological polar surface area (TPSA) is 17.1 Å². The van der Waals surface area contributed by atoms with Gasteiger partial charge in [0.1, 0.15) is 5.78 Å². The molecular weight excluding hydrogens is 172 g/mol. The summed E-state index contributed by atoms with van der Waals surface area (Å²) in [6, 6.07) is 0. The third-order valence-corrected chi connectivity index (χ3v) is 4.18. The normalized spacial score (nSPS) is 46.2. The lowest BCUT2D eigenvalue weighted by atomic mass is 9.89. The first kappa shape index (κ1) is 8.55. The molecule has 2 aliphatic rings. The van der Waals surface area contributed by atoms with Crippen LogP contribution in [0.15, 0.2) is 0 Å². The number of carbonyl (C=O) groups excluding carboxylic acids is 1. The number of carbonyl (C=O) groups is 1. The molecule has 0 bridgehead atoms. The zero-order valence-electron chi connectivity index (χ0n) is 7.42. The lowest BCUT2D eigenvalue weighted by molar-refractivity contribution is -0.121. The highest BCUT2D eigenvalue weighted by Crippen LogP contribution is 2.49. The van der Waals surface area contributed by atoms with E-state index in [4.69, 9.17) is 11.6 Å². The molecule has 0 aromatic carbocycles. The third kappa shape index (κ3) is 1.19. The SMILES string of the molecule is CC(=O)[C@H]1CCC2C(Cl)CCC21. The maximum Gasteiger partial charge on any atom is 0.133 e. The summed E-state index contributed by atoms with van der Waals surface area (Å²) in [5, 5.41) is 0.361. The highest BCUT2D eigenvalue weighted by atomic mass is 35.5. The predicted octanol–water partition coefficient (Wildman–Crippen LogP) is 2.62. The Balaban J connectivity index is 2.10. The second-order valence-corrected chi connectivity index (χ2v) is 4.78. The molecule has 0 N–H and O–H groups in total. The summed E-state index contributed by atoms with van der Waals surface area (Å²) in [7, 11) is 0. The van der Waals surface area contributed by atoms with Crippen LogP contribution in [-0.2, 0) is 4.79 Å². The van der Waals surface area contributed by atoms with Crippen molar-refractivity contribution < 1.29 is 4.79 Å². The number of halogens is 1. The summed E-state index contributed by atoms with van der Waals surface area (Å²) in [5.74, 6) is 2.01. The first-order valence-corrected chi connectivity index (χ1v) is 5.28. The van der Waals surface area contributed by atoms with Gasteiger partial charge in [0, 0.05) is 11.3 Å². The van der Waals surface area contributed by atoms with E-state index in [9.17, 15) is 4.79 Å². The summed E-state index contributed by atoms with van der Waals surface area (Å²) in [5.41, 5.74) is 0. The summed E-state index contributed by atoms with van der Waals surface area (Å²) in [6.07, 6.45) is 4.58. The van der Waals surface area contributed by atoms with Crippen LogP contribution in [-0.4, -0.2) is 11.2 Å². The lowest BCUT2D eigenvalue weighted by Crippen LogP contribution is -2.18. The monoisotopic (exact) mass is 186 g/mol. The van der Waals surface area contributed by atoms with Crippen molar-refractivity contribution in [2.75, 3.05) is 0 Å². The van der Waals surface area contributed by atoms with Crippen molar-refractivity contribution in [3.05, 3.63) is 0 Å². The molecule has 0 saturated heterocycles. The van der Waals surface area contributed by atoms with E-state index in [1.165, 1.54) is 12.8 Å². The summed E-state index contributed by atoms with van der Waals surface area (Å²) < 4.78 is 0. The molecule has 0 spiro atoms. The van der Waals surface area contributed by atoms with Crippen molar-refractivity contribution in [2.24, 2.45) is 17.8 Å². The van der Waals surface area contributed by atoms with Crippen molar-refractivity contribution in [3.63, 3.8) is 0 Å². The van der Waals surface area contributed by atoms with E-state index in [2.05, 4.69) is 0 Å². The van der Waals surface area contributed by atoms with Gasteiger partial charge in [0.2, 0.25) is 0 Å². The van der Waals surface area contributed by atoms with Crippen LogP contribution in [0.2, 0.25) is 0 Å². The Morgan fingerprint density at radius 2 is 1.83 bits per heavy atom. The van der Waals surface area contributed by atoms with E-state index in [0.717, 1.165) is 12.8 Å². The third-order valence-electron chi connectivity index (χ3n) is 3.64. The highest BCUT2D eigenvalue weighted by molar-refractivity contribution is 6.21. The predicted molar refractivity (Wildman–Crippen MR) is 49.3 cm³/mol. The molecule has 68 valence electrons. The van der Waals surface area contributed by atoms with Gasteiger partial charge < -0.3 is 0 Å². The largest absolute Gasteiger partial charge is 0.300 e. The first-order valence-electron chi connectivity index (χ1n) is 4.84. The zero-order chi connectivity index (χ0) is 8.72. The van der Waals surface area contributed by atoms with Crippen molar-refractivity contribution in [1.29, 1.82) is 0 Å². The van der Waals surface area contributed by atoms with E-state index in [1.807, 2.05) is 0 Å². The maximum absolute atomic E-state index is 11.3. The number of hydrogen-bond acceptors (Lipinski definition) is 1. The maximum atomic E-state index is 11.3. The van der Waals surface area contributed by atoms with Crippen LogP contribution in [0.5, 0.6) is 0 Å². The molecule has 0 amide bonds. The van der Waals surface area contributed by atoms with Crippen molar-refractivity contribution in [1.82, 2.24) is 0 Å². The second kappa shape index (κ2) is 3.02. The van der Waals surface area contributed by atoms with Gasteiger partial charge in [-0.05, 0) is 44.4 Å². The number of ketones is 1. The Kier molecular flexibility index (Phi) is 2.16. The van der Waals surface area contributed by atoms with Crippen LogP contribution in [0.1, 0.15) is 32.6 Å². The average Bonchev–Trinajstić information content (AvgIpc) is 2.53. The van der Waals surface area contributed by atoms with Crippen molar-refractivity contribution in [2.45, 2.75) is 38.0 Å². The molecule has 3 unspecified atom stereocenters. The Bertz CT molecular complexity index is 202. The minimum atomic E-state index is 0.346. The Morgan fingerprint density at radius 3 is 2.50 bits per heavy atom. The van der Waals surface area contributed by atoms with Crippen LogP contribution in [0.3, 0.4) is 0 Å². The molecule has 0 aromatic heterocycles. The smallest absolute Gasteiger partial charge is 0.133 e. The van der Waals surface area contributed by atoms with Crippen LogP contribution >= 0.6 is 11.6 Å². The molecule has 2 heteroatoms. The molecular formula is C10H15ClO. The minimum absolute atomic E-state index is 0.346. The average molecular weight is 187 g/mol. The fraction of sp³-hybridized carbons (Fsp3) is 0.900. The van der Waals surface area contributed by atoms with Crippen molar-refractivity contribution >= 4 is 17.4 Å². The van der Waals surface area contributed by atoms with Crippen LogP contribution in [0, 0.1) is 17.8 Å². The van der Waals surface area contributed by atoms with Gasteiger partial charge in [0.05, 0.1) is 0 Å². The Morgan fingerprint density at radius 1 is 1.17 bits per heavy atom. The first-order chi connectivity index (χ1) is 5.70. The molecule has 0 aliphatic heterocycles. The number of alkyl halides is 1. The molecule has 2 rings (SSSR count). The molecule has 2 fully saturated rings. The van der Waals surface area contributed by atoms with Gasteiger partial charge in [-0.2, -0.15) is 0 Å². The molecule has 1 nitrogen and oxygen atoms in total. The fourth-order valence-electron chi connectivity index (χ4n) is 3.03. The van der Waals surface area contributed by atoms with Gasteiger partial charge in [0.25, 0.3) is 0 Å². The van der Waals surface area contributed by atoms with Gasteiger partial charge >= 0.3 is 0 Å². The molecule has 0 radical (unpaired) electrons. The number of Topliss-reactive ketones (excluding diaryl/α,β-unsaturated/α-hetero) is 1. The van der Waals surface area contributed by atoms with E-state index in [-0.39, 0.29) is 0 Å². The van der Waals surface area contributed by atoms with Crippen LogP contribution < -0.4 is 0 Å². The summed E-state index contributed by atoms with van der Waals surface area (Å²) in [6.45, 7) is 1.73. The highest BCUT2D eigenvalue weighted by Gasteiger charge is 2.45. The molecule has 12 heavy (non-hydrogen) atoms. The van der Waals surface area contributed by atoms with Gasteiger partial charge in [-0.15, -0.1) is 11.6 Å². The van der Waals surface area contributed by atoms with Gasteiger partial charge in [-0.1, -0.05) is 0 Å². The lowest BCUT2D eigenvalue weighted by Gasteiger charge is -2.15. The van der Waals surface area contributed by atoms with E-state index in [0.29, 0.717) is 28.9 Å². The molecule has 2 aliphatic carbocycles. The Hall–Kier alpha value is -0.0400. The van der Waals surface area contributed by atoms with Crippen LogP contribution in [0.25, 0.3) is 0 Å².